The lowest BCUT2D eigenvalue weighted by atomic mass is 10.1. The van der Waals surface area contributed by atoms with Crippen LogP contribution >= 0.6 is 0 Å². The summed E-state index contributed by atoms with van der Waals surface area (Å²) in [6, 6.07) is 4.42. The summed E-state index contributed by atoms with van der Waals surface area (Å²) in [5, 5.41) is 10.5. The van der Waals surface area contributed by atoms with Gasteiger partial charge in [0.25, 0.3) is 5.69 Å². The summed E-state index contributed by atoms with van der Waals surface area (Å²) in [5.74, 6) is 0.565. The Hall–Kier alpha value is -2.10. The van der Waals surface area contributed by atoms with Crippen LogP contribution in [-0.4, -0.2) is 4.92 Å². The molecule has 1 rings (SSSR count). The molecular formula is C11H11NO3. The third-order valence-corrected chi connectivity index (χ3v) is 1.83. The molecule has 0 N–H and O–H groups in total. The van der Waals surface area contributed by atoms with Gasteiger partial charge in [0, 0.05) is 17.7 Å². The average Bonchev–Trinajstić information content (AvgIpc) is 2.21. The molecule has 15 heavy (non-hydrogen) atoms. The molecule has 0 aliphatic carbocycles. The van der Waals surface area contributed by atoms with Gasteiger partial charge in [0.15, 0.2) is 0 Å². The standard InChI is InChI=1S/C11H11NO3/c1-3-5-9-8-10(12(13)14)6-7-11(9)15-4-2/h3-4,6-8H,1-2,5H2. The average molecular weight is 205 g/mol. The topological polar surface area (TPSA) is 52.4 Å². The van der Waals surface area contributed by atoms with Crippen molar-refractivity contribution in [1.82, 2.24) is 0 Å². The molecule has 0 radical (unpaired) electrons. The zero-order valence-corrected chi connectivity index (χ0v) is 8.18. The van der Waals surface area contributed by atoms with E-state index < -0.39 is 4.92 Å². The van der Waals surface area contributed by atoms with Gasteiger partial charge in [0.05, 0.1) is 11.2 Å². The van der Waals surface area contributed by atoms with Crippen molar-refractivity contribution >= 4 is 5.69 Å². The van der Waals surface area contributed by atoms with Gasteiger partial charge in [-0.15, -0.1) is 6.58 Å². The van der Waals surface area contributed by atoms with Crippen LogP contribution in [0.1, 0.15) is 5.56 Å². The van der Waals surface area contributed by atoms with E-state index in [1.54, 1.807) is 12.1 Å². The van der Waals surface area contributed by atoms with E-state index >= 15 is 0 Å². The van der Waals surface area contributed by atoms with E-state index in [-0.39, 0.29) is 5.69 Å². The first-order valence-corrected chi connectivity index (χ1v) is 4.34. The predicted octanol–water partition coefficient (Wildman–Crippen LogP) is 2.85. The van der Waals surface area contributed by atoms with Crippen LogP contribution in [0.15, 0.2) is 43.7 Å². The van der Waals surface area contributed by atoms with Crippen molar-refractivity contribution in [3.05, 3.63) is 59.4 Å². The van der Waals surface area contributed by atoms with Crippen molar-refractivity contribution in [2.24, 2.45) is 0 Å². The maximum Gasteiger partial charge on any atom is 0.269 e. The number of hydrogen-bond acceptors (Lipinski definition) is 3. The van der Waals surface area contributed by atoms with Gasteiger partial charge in [-0.05, 0) is 12.5 Å². The molecule has 0 fully saturated rings. The second kappa shape index (κ2) is 4.95. The SMILES string of the molecule is C=CCc1cc([N+](=O)[O-])ccc1OC=C. The van der Waals surface area contributed by atoms with E-state index in [0.717, 1.165) is 5.56 Å². The molecular weight excluding hydrogens is 194 g/mol. The molecule has 0 aliphatic heterocycles. The highest BCUT2D eigenvalue weighted by molar-refractivity contribution is 5.44. The summed E-state index contributed by atoms with van der Waals surface area (Å²) in [7, 11) is 0. The van der Waals surface area contributed by atoms with Crippen LogP contribution in [-0.2, 0) is 6.42 Å². The number of benzene rings is 1. The molecule has 1 aromatic rings. The van der Waals surface area contributed by atoms with Crippen LogP contribution in [0.3, 0.4) is 0 Å². The summed E-state index contributed by atoms with van der Waals surface area (Å²) in [6.45, 7) is 7.01. The minimum atomic E-state index is -0.440. The van der Waals surface area contributed by atoms with Gasteiger partial charge in [0.2, 0.25) is 0 Å². The molecule has 0 unspecified atom stereocenters. The summed E-state index contributed by atoms with van der Waals surface area (Å²) in [6.07, 6.45) is 3.47. The molecule has 0 heterocycles. The molecule has 0 saturated heterocycles. The Bertz CT molecular complexity index is 399. The van der Waals surface area contributed by atoms with E-state index in [0.29, 0.717) is 12.2 Å². The largest absolute Gasteiger partial charge is 0.465 e. The van der Waals surface area contributed by atoms with Gasteiger partial charge in [-0.1, -0.05) is 12.7 Å². The van der Waals surface area contributed by atoms with Crippen LogP contribution in [0, 0.1) is 10.1 Å². The Kier molecular flexibility index (Phi) is 3.62. The Morgan fingerprint density at radius 3 is 2.73 bits per heavy atom. The van der Waals surface area contributed by atoms with Crippen molar-refractivity contribution in [2.45, 2.75) is 6.42 Å². The van der Waals surface area contributed by atoms with Crippen LogP contribution in [0.25, 0.3) is 0 Å². The molecule has 78 valence electrons. The monoisotopic (exact) mass is 205 g/mol. The summed E-state index contributed by atoms with van der Waals surface area (Å²) in [5.41, 5.74) is 0.766. The molecule has 0 atom stereocenters. The van der Waals surface area contributed by atoms with Gasteiger partial charge in [0.1, 0.15) is 5.75 Å². The van der Waals surface area contributed by atoms with E-state index in [1.165, 1.54) is 18.4 Å². The van der Waals surface area contributed by atoms with Crippen LogP contribution < -0.4 is 4.74 Å². The molecule has 4 nitrogen and oxygen atoms in total. The highest BCUT2D eigenvalue weighted by Gasteiger charge is 2.10. The second-order valence-corrected chi connectivity index (χ2v) is 2.83. The van der Waals surface area contributed by atoms with E-state index in [2.05, 4.69) is 13.2 Å². The fourth-order valence-electron chi connectivity index (χ4n) is 1.20. The Labute approximate surface area is 87.6 Å². The molecule has 0 aliphatic rings. The quantitative estimate of drug-likeness (QED) is 0.321. The number of nitrogens with zero attached hydrogens (tertiary/aromatic N) is 1. The van der Waals surface area contributed by atoms with Crippen molar-refractivity contribution in [2.75, 3.05) is 0 Å². The van der Waals surface area contributed by atoms with Gasteiger partial charge < -0.3 is 4.74 Å². The van der Waals surface area contributed by atoms with Gasteiger partial charge in [-0.2, -0.15) is 0 Å². The number of ether oxygens (including phenoxy) is 1. The van der Waals surface area contributed by atoms with Gasteiger partial charge in [-0.3, -0.25) is 10.1 Å². The second-order valence-electron chi connectivity index (χ2n) is 2.83. The zero-order chi connectivity index (χ0) is 11.3. The van der Waals surface area contributed by atoms with Gasteiger partial charge in [-0.25, -0.2) is 0 Å². The summed E-state index contributed by atoms with van der Waals surface area (Å²) < 4.78 is 5.12. The lowest BCUT2D eigenvalue weighted by Crippen LogP contribution is -1.93. The van der Waals surface area contributed by atoms with Crippen molar-refractivity contribution < 1.29 is 9.66 Å². The Balaban J connectivity index is 3.13. The molecule has 0 spiro atoms. The summed E-state index contributed by atoms with van der Waals surface area (Å²) >= 11 is 0. The number of nitro benzene ring substituents is 1. The number of allylic oxidation sites excluding steroid dienone is 1. The lowest BCUT2D eigenvalue weighted by molar-refractivity contribution is -0.384. The van der Waals surface area contributed by atoms with E-state index in [4.69, 9.17) is 4.74 Å². The molecule has 0 aromatic heterocycles. The van der Waals surface area contributed by atoms with E-state index in [9.17, 15) is 10.1 Å². The minimum absolute atomic E-state index is 0.0447. The third kappa shape index (κ3) is 2.67. The van der Waals surface area contributed by atoms with Crippen LogP contribution in [0.5, 0.6) is 5.75 Å². The zero-order valence-electron chi connectivity index (χ0n) is 8.18. The first kappa shape index (κ1) is 11.0. The fourth-order valence-corrected chi connectivity index (χ4v) is 1.20. The number of rotatable bonds is 5. The van der Waals surface area contributed by atoms with Crippen LogP contribution in [0.4, 0.5) is 5.69 Å². The normalized spacial score (nSPS) is 9.33. The number of non-ortho nitro benzene ring substituents is 1. The fraction of sp³-hybridized carbons (Fsp3) is 0.0909. The first-order valence-electron chi connectivity index (χ1n) is 4.34. The minimum Gasteiger partial charge on any atom is -0.465 e. The molecule has 1 aromatic carbocycles. The van der Waals surface area contributed by atoms with E-state index in [1.807, 2.05) is 0 Å². The molecule has 0 bridgehead atoms. The Morgan fingerprint density at radius 1 is 1.47 bits per heavy atom. The smallest absolute Gasteiger partial charge is 0.269 e. The predicted molar refractivity (Wildman–Crippen MR) is 57.8 cm³/mol. The maximum atomic E-state index is 10.5. The maximum absolute atomic E-state index is 10.5. The molecule has 0 saturated carbocycles. The summed E-state index contributed by atoms with van der Waals surface area (Å²) in [4.78, 5) is 10.1. The molecule has 0 amide bonds. The Morgan fingerprint density at radius 2 is 2.20 bits per heavy atom. The third-order valence-electron chi connectivity index (χ3n) is 1.83. The van der Waals surface area contributed by atoms with Crippen LogP contribution in [0.2, 0.25) is 0 Å². The van der Waals surface area contributed by atoms with Crippen molar-refractivity contribution in [1.29, 1.82) is 0 Å². The lowest BCUT2D eigenvalue weighted by Gasteiger charge is -2.05. The van der Waals surface area contributed by atoms with Crippen molar-refractivity contribution in [3.8, 4) is 5.75 Å². The number of nitro groups is 1. The molecule has 4 heteroatoms. The highest BCUT2D eigenvalue weighted by atomic mass is 16.6. The van der Waals surface area contributed by atoms with Gasteiger partial charge >= 0.3 is 0 Å². The van der Waals surface area contributed by atoms with Crippen molar-refractivity contribution in [3.63, 3.8) is 0 Å². The number of hydrogen-bond donors (Lipinski definition) is 0. The highest BCUT2D eigenvalue weighted by Crippen LogP contribution is 2.24. The first-order chi connectivity index (χ1) is 7.19.